The van der Waals surface area contributed by atoms with Crippen LogP contribution >= 0.6 is 15.9 Å². The van der Waals surface area contributed by atoms with Crippen LogP contribution < -0.4 is 4.74 Å². The molecular formula is C24H21BrF6O4. The van der Waals surface area contributed by atoms with Crippen molar-refractivity contribution in [3.05, 3.63) is 64.2 Å². The third-order valence-corrected chi connectivity index (χ3v) is 5.53. The maximum absolute atomic E-state index is 13.6. The van der Waals surface area contributed by atoms with Crippen molar-refractivity contribution in [2.75, 3.05) is 13.2 Å². The molecule has 0 amide bonds. The summed E-state index contributed by atoms with van der Waals surface area (Å²) in [6.07, 6.45) is -7.72. The number of aliphatic carboxylic acids is 1. The number of alkyl halides is 6. The minimum Gasteiger partial charge on any atom is -0.488 e. The molecule has 2 atom stereocenters. The zero-order valence-electron chi connectivity index (χ0n) is 18.3. The van der Waals surface area contributed by atoms with Gasteiger partial charge in [0.2, 0.25) is 0 Å². The van der Waals surface area contributed by atoms with Gasteiger partial charge in [-0.2, -0.15) is 26.3 Å². The van der Waals surface area contributed by atoms with Gasteiger partial charge >= 0.3 is 18.3 Å². The summed E-state index contributed by atoms with van der Waals surface area (Å²) in [5, 5.41) is 9.17. The average Bonchev–Trinajstić information content (AvgIpc) is 2.75. The molecule has 1 aromatic rings. The highest BCUT2D eigenvalue weighted by molar-refractivity contribution is 9.10. The Labute approximate surface area is 206 Å². The van der Waals surface area contributed by atoms with E-state index in [1.54, 1.807) is 25.1 Å². The molecule has 1 N–H and O–H groups in total. The maximum atomic E-state index is 13.6. The third kappa shape index (κ3) is 7.90. The van der Waals surface area contributed by atoms with Gasteiger partial charge in [0.05, 0.1) is 4.47 Å². The topological polar surface area (TPSA) is 55.8 Å². The molecule has 0 spiro atoms. The number of ether oxygens (including phenoxy) is 2. The predicted molar refractivity (Wildman–Crippen MR) is 120 cm³/mol. The van der Waals surface area contributed by atoms with Gasteiger partial charge in [0.15, 0.2) is 6.10 Å². The van der Waals surface area contributed by atoms with Gasteiger partial charge in [-0.3, -0.25) is 0 Å². The number of halogens is 7. The lowest BCUT2D eigenvalue weighted by Crippen LogP contribution is -2.38. The van der Waals surface area contributed by atoms with Crippen molar-refractivity contribution in [2.24, 2.45) is 5.41 Å². The summed E-state index contributed by atoms with van der Waals surface area (Å²) < 4.78 is 90.6. The summed E-state index contributed by atoms with van der Waals surface area (Å²) in [7, 11) is 0. The van der Waals surface area contributed by atoms with E-state index in [-0.39, 0.29) is 19.6 Å². The number of carbonyl (C=O) groups is 1. The fraction of sp³-hybridized carbons (Fsp3) is 0.375. The van der Waals surface area contributed by atoms with Crippen LogP contribution in [0.15, 0.2) is 58.6 Å². The van der Waals surface area contributed by atoms with Crippen LogP contribution in [0.25, 0.3) is 0 Å². The molecule has 4 nitrogen and oxygen atoms in total. The van der Waals surface area contributed by atoms with E-state index < -0.39 is 41.8 Å². The number of allylic oxidation sites excluding steroid dienone is 5. The predicted octanol–water partition coefficient (Wildman–Crippen LogP) is 6.42. The highest BCUT2D eigenvalue weighted by Crippen LogP contribution is 2.48. The van der Waals surface area contributed by atoms with E-state index in [9.17, 15) is 36.2 Å². The molecule has 190 valence electrons. The molecule has 1 aromatic carbocycles. The van der Waals surface area contributed by atoms with Gasteiger partial charge in [0.25, 0.3) is 0 Å². The first-order chi connectivity index (χ1) is 16.3. The Kier molecular flexibility index (Phi) is 9.63. The van der Waals surface area contributed by atoms with Crippen molar-refractivity contribution < 1.29 is 45.7 Å². The highest BCUT2D eigenvalue weighted by atomic mass is 79.9. The van der Waals surface area contributed by atoms with E-state index in [0.29, 0.717) is 27.9 Å². The molecule has 2 rings (SSSR count). The van der Waals surface area contributed by atoms with Gasteiger partial charge in [-0.05, 0) is 52.7 Å². The van der Waals surface area contributed by atoms with Crippen LogP contribution in [0, 0.1) is 17.3 Å². The summed E-state index contributed by atoms with van der Waals surface area (Å²) in [6.45, 7) is 1.85. The number of carboxylic acid groups (broad SMARTS) is 1. The van der Waals surface area contributed by atoms with Gasteiger partial charge < -0.3 is 14.6 Å². The molecule has 0 aliphatic heterocycles. The molecule has 0 radical (unpaired) electrons. The van der Waals surface area contributed by atoms with Crippen molar-refractivity contribution in [1.29, 1.82) is 0 Å². The second kappa shape index (κ2) is 11.8. The van der Waals surface area contributed by atoms with Crippen LogP contribution in [0.1, 0.15) is 18.9 Å². The van der Waals surface area contributed by atoms with E-state index in [4.69, 9.17) is 9.47 Å². The van der Waals surface area contributed by atoms with E-state index in [0.717, 1.165) is 12.2 Å². The van der Waals surface area contributed by atoms with Crippen molar-refractivity contribution in [1.82, 2.24) is 0 Å². The minimum atomic E-state index is -5.00. The molecule has 0 aromatic heterocycles. The summed E-state index contributed by atoms with van der Waals surface area (Å²) in [5.41, 5.74) is -3.56. The van der Waals surface area contributed by atoms with Crippen molar-refractivity contribution in [2.45, 2.75) is 38.2 Å². The summed E-state index contributed by atoms with van der Waals surface area (Å²) >= 11 is 3.30. The molecule has 35 heavy (non-hydrogen) atoms. The zero-order valence-corrected chi connectivity index (χ0v) is 19.9. The van der Waals surface area contributed by atoms with E-state index >= 15 is 0 Å². The van der Waals surface area contributed by atoms with Crippen LogP contribution in [-0.2, 0) is 16.0 Å². The molecule has 1 unspecified atom stereocenters. The van der Waals surface area contributed by atoms with E-state index in [1.807, 2.05) is 5.92 Å². The first-order valence-corrected chi connectivity index (χ1v) is 11.0. The monoisotopic (exact) mass is 566 g/mol. The normalized spacial score (nSPS) is 19.1. The quantitative estimate of drug-likeness (QED) is 0.291. The minimum absolute atomic E-state index is 0.0775. The maximum Gasteiger partial charge on any atom is 0.412 e. The smallest absolute Gasteiger partial charge is 0.412 e. The van der Waals surface area contributed by atoms with Gasteiger partial charge in [0.1, 0.15) is 17.8 Å². The van der Waals surface area contributed by atoms with Crippen molar-refractivity contribution >= 4 is 21.9 Å². The Morgan fingerprint density at radius 1 is 1.29 bits per heavy atom. The summed E-state index contributed by atoms with van der Waals surface area (Å²) in [5.74, 6) is 3.39. The SMILES string of the molecule is CCO[C@@H](Cc1ccc(OC/C=C/C#CC2(C(F)(F)F)C=CC=C(C(F)(F)F)C2)c(Br)c1)C(=O)O. The van der Waals surface area contributed by atoms with Gasteiger partial charge in [-0.1, -0.05) is 36.1 Å². The third-order valence-electron chi connectivity index (χ3n) is 4.91. The van der Waals surface area contributed by atoms with Crippen molar-refractivity contribution in [3.63, 3.8) is 0 Å². The Bertz CT molecular complexity index is 1060. The number of hydrogen-bond acceptors (Lipinski definition) is 3. The Morgan fingerprint density at radius 2 is 2.00 bits per heavy atom. The lowest BCUT2D eigenvalue weighted by atomic mass is 9.78. The molecule has 0 fully saturated rings. The lowest BCUT2D eigenvalue weighted by molar-refractivity contribution is -0.190. The standard InChI is InChI=1S/C24H21BrF6O4/c1-2-34-20(21(32)33)14-16-8-9-19(18(25)13-16)35-12-5-3-4-10-22(24(29,30)31)11-6-7-17(15-22)23(26,27)28/h3,5-9,11,13,20H,2,12,14-15H2,1H3,(H,32,33)/b5-3+/t20-,22?/m0/s1. The molecule has 0 saturated carbocycles. The first kappa shape index (κ1) is 28.5. The Balaban J connectivity index is 2.03. The number of benzene rings is 1. The zero-order chi connectivity index (χ0) is 26.3. The fourth-order valence-electron chi connectivity index (χ4n) is 3.13. The average molecular weight is 567 g/mol. The second-order valence-electron chi connectivity index (χ2n) is 7.43. The molecule has 0 heterocycles. The van der Waals surface area contributed by atoms with Gasteiger partial charge in [0, 0.05) is 25.0 Å². The Morgan fingerprint density at radius 3 is 2.57 bits per heavy atom. The largest absolute Gasteiger partial charge is 0.488 e. The number of hydrogen-bond donors (Lipinski definition) is 1. The molecule has 1 aliphatic rings. The van der Waals surface area contributed by atoms with Crippen molar-refractivity contribution in [3.8, 4) is 17.6 Å². The summed E-state index contributed by atoms with van der Waals surface area (Å²) in [4.78, 5) is 11.2. The van der Waals surface area contributed by atoms with Crippen LogP contribution in [0.4, 0.5) is 26.3 Å². The van der Waals surface area contributed by atoms with E-state index in [2.05, 4.69) is 21.9 Å². The molecule has 0 saturated heterocycles. The van der Waals surface area contributed by atoms with E-state index in [1.165, 1.54) is 6.08 Å². The van der Waals surface area contributed by atoms with Crippen LogP contribution in [0.3, 0.4) is 0 Å². The highest BCUT2D eigenvalue weighted by Gasteiger charge is 2.55. The second-order valence-corrected chi connectivity index (χ2v) is 8.28. The van der Waals surface area contributed by atoms with Crippen LogP contribution in [-0.4, -0.2) is 42.7 Å². The first-order valence-electron chi connectivity index (χ1n) is 10.2. The molecule has 1 aliphatic carbocycles. The number of rotatable bonds is 8. The van der Waals surface area contributed by atoms with Gasteiger partial charge in [-0.25, -0.2) is 4.79 Å². The molecule has 0 bridgehead atoms. The van der Waals surface area contributed by atoms with Gasteiger partial charge in [-0.15, -0.1) is 0 Å². The fourth-order valence-corrected chi connectivity index (χ4v) is 3.67. The number of carboxylic acids is 1. The van der Waals surface area contributed by atoms with Crippen LogP contribution in [0.2, 0.25) is 0 Å². The Hall–Kier alpha value is -2.71. The molecule has 11 heteroatoms. The molecular weight excluding hydrogens is 546 g/mol. The summed E-state index contributed by atoms with van der Waals surface area (Å²) in [6, 6.07) is 4.88. The van der Waals surface area contributed by atoms with Crippen LogP contribution in [0.5, 0.6) is 5.75 Å². The lowest BCUT2D eigenvalue weighted by Gasteiger charge is -2.31.